The molecule has 0 saturated carbocycles. The first kappa shape index (κ1) is 30.3. The molecule has 1 aromatic rings. The summed E-state index contributed by atoms with van der Waals surface area (Å²) >= 11 is 0. The Balaban J connectivity index is 2.40. The third-order valence-corrected chi connectivity index (χ3v) is 7.41. The zero-order valence-corrected chi connectivity index (χ0v) is 23.5. The van der Waals surface area contributed by atoms with Crippen molar-refractivity contribution < 1.29 is 14.6 Å². The van der Waals surface area contributed by atoms with Crippen molar-refractivity contribution in [3.05, 3.63) is 34.4 Å². The van der Waals surface area contributed by atoms with E-state index in [1.54, 1.807) is 0 Å². The van der Waals surface area contributed by atoms with Crippen molar-refractivity contribution >= 4 is 5.97 Å². The van der Waals surface area contributed by atoms with Crippen LogP contribution in [0.25, 0.3) is 0 Å². The van der Waals surface area contributed by atoms with Gasteiger partial charge >= 0.3 is 5.97 Å². The summed E-state index contributed by atoms with van der Waals surface area (Å²) in [6.45, 7) is 20.8. The van der Waals surface area contributed by atoms with Gasteiger partial charge in [0.25, 0.3) is 0 Å². The van der Waals surface area contributed by atoms with E-state index in [1.807, 2.05) is 20.8 Å². The Morgan fingerprint density at radius 3 is 1.88 bits per heavy atom. The minimum atomic E-state index is -0.332. The molecular formula is C31H52O3. The van der Waals surface area contributed by atoms with Gasteiger partial charge in [0.1, 0.15) is 11.5 Å². The summed E-state index contributed by atoms with van der Waals surface area (Å²) < 4.78 is 5.45. The van der Waals surface area contributed by atoms with Crippen molar-refractivity contribution in [1.29, 1.82) is 0 Å². The second-order valence-electron chi connectivity index (χ2n) is 11.2. The number of allylic oxidation sites excluding steroid dienone is 1. The standard InChI is InChI=1S/C31H52O3/c1-21(2)13-10-14-22(3)15-11-16-23(4)17-12-18-24(5)19-20-29-27(8)31(34-28(9)32)26(7)25(6)30(29)33/h21-23,33H,5,10-20H2,1-4,6-9H3. The van der Waals surface area contributed by atoms with Gasteiger partial charge in [-0.05, 0) is 80.9 Å². The van der Waals surface area contributed by atoms with Gasteiger partial charge in [0.05, 0.1) is 0 Å². The second-order valence-corrected chi connectivity index (χ2v) is 11.2. The summed E-state index contributed by atoms with van der Waals surface area (Å²) in [4.78, 5) is 11.5. The first-order valence-corrected chi connectivity index (χ1v) is 13.6. The molecule has 0 saturated heterocycles. The number of hydrogen-bond acceptors (Lipinski definition) is 3. The van der Waals surface area contributed by atoms with Gasteiger partial charge in [0.2, 0.25) is 0 Å². The molecule has 1 rings (SSSR count). The average Bonchev–Trinajstić information content (AvgIpc) is 2.75. The highest BCUT2D eigenvalue weighted by Gasteiger charge is 2.19. The van der Waals surface area contributed by atoms with Crippen LogP contribution < -0.4 is 4.74 Å². The maximum Gasteiger partial charge on any atom is 0.308 e. The van der Waals surface area contributed by atoms with Crippen LogP contribution in [0.5, 0.6) is 11.5 Å². The van der Waals surface area contributed by atoms with Crippen LogP contribution in [0.4, 0.5) is 0 Å². The number of aromatic hydroxyl groups is 1. The van der Waals surface area contributed by atoms with E-state index < -0.39 is 0 Å². The summed E-state index contributed by atoms with van der Waals surface area (Å²) in [5, 5.41) is 10.7. The van der Waals surface area contributed by atoms with Gasteiger partial charge in [0, 0.05) is 12.5 Å². The van der Waals surface area contributed by atoms with Gasteiger partial charge in [-0.25, -0.2) is 0 Å². The van der Waals surface area contributed by atoms with E-state index in [0.29, 0.717) is 11.5 Å². The van der Waals surface area contributed by atoms with Crippen LogP contribution in [0.3, 0.4) is 0 Å². The summed E-state index contributed by atoms with van der Waals surface area (Å²) in [5.74, 6) is 3.04. The van der Waals surface area contributed by atoms with E-state index in [1.165, 1.54) is 63.9 Å². The van der Waals surface area contributed by atoms with Crippen molar-refractivity contribution in [2.24, 2.45) is 17.8 Å². The van der Waals surface area contributed by atoms with E-state index in [-0.39, 0.29) is 5.97 Å². The van der Waals surface area contributed by atoms with Gasteiger partial charge < -0.3 is 9.84 Å². The predicted molar refractivity (Wildman–Crippen MR) is 146 cm³/mol. The smallest absolute Gasteiger partial charge is 0.308 e. The molecule has 0 spiro atoms. The van der Waals surface area contributed by atoms with E-state index in [0.717, 1.165) is 59.3 Å². The lowest BCUT2D eigenvalue weighted by atomic mass is 9.90. The van der Waals surface area contributed by atoms with Crippen molar-refractivity contribution in [3.8, 4) is 11.5 Å². The molecule has 2 unspecified atom stereocenters. The summed E-state index contributed by atoms with van der Waals surface area (Å²) in [7, 11) is 0. The van der Waals surface area contributed by atoms with Gasteiger partial charge in [-0.15, -0.1) is 0 Å². The molecule has 0 heterocycles. The Kier molecular flexibility index (Phi) is 13.6. The molecular weight excluding hydrogens is 420 g/mol. The van der Waals surface area contributed by atoms with Crippen molar-refractivity contribution in [2.45, 2.75) is 126 Å². The molecule has 34 heavy (non-hydrogen) atoms. The quantitative estimate of drug-likeness (QED) is 0.148. The minimum Gasteiger partial charge on any atom is -0.507 e. The van der Waals surface area contributed by atoms with E-state index >= 15 is 0 Å². The summed E-state index contributed by atoms with van der Waals surface area (Å²) in [6, 6.07) is 0. The average molecular weight is 473 g/mol. The fraction of sp³-hybridized carbons (Fsp3) is 0.710. The number of esters is 1. The van der Waals surface area contributed by atoms with Gasteiger partial charge in [-0.1, -0.05) is 84.8 Å². The molecule has 0 aliphatic rings. The molecule has 2 atom stereocenters. The number of phenols is 1. The third-order valence-electron chi connectivity index (χ3n) is 7.41. The third kappa shape index (κ3) is 10.7. The monoisotopic (exact) mass is 472 g/mol. The second kappa shape index (κ2) is 15.3. The summed E-state index contributed by atoms with van der Waals surface area (Å²) in [6.07, 6.45) is 13.2. The zero-order chi connectivity index (χ0) is 25.8. The first-order valence-electron chi connectivity index (χ1n) is 13.6. The van der Waals surface area contributed by atoms with Crippen molar-refractivity contribution in [1.82, 2.24) is 0 Å². The maximum atomic E-state index is 11.5. The largest absolute Gasteiger partial charge is 0.507 e. The number of phenolic OH excluding ortho intramolecular Hbond substituents is 1. The highest BCUT2D eigenvalue weighted by Crippen LogP contribution is 2.38. The molecule has 0 bridgehead atoms. The van der Waals surface area contributed by atoms with Crippen LogP contribution >= 0.6 is 0 Å². The maximum absolute atomic E-state index is 11.5. The van der Waals surface area contributed by atoms with Gasteiger partial charge in [0.15, 0.2) is 0 Å². The molecule has 0 aliphatic heterocycles. The number of hydrogen-bond donors (Lipinski definition) is 1. The number of rotatable bonds is 16. The molecule has 0 radical (unpaired) electrons. The topological polar surface area (TPSA) is 46.5 Å². The molecule has 0 amide bonds. The minimum absolute atomic E-state index is 0.325. The van der Waals surface area contributed by atoms with Crippen LogP contribution in [0, 0.1) is 38.5 Å². The van der Waals surface area contributed by atoms with Crippen molar-refractivity contribution in [3.63, 3.8) is 0 Å². The lowest BCUT2D eigenvalue weighted by Crippen LogP contribution is -2.08. The lowest BCUT2D eigenvalue weighted by molar-refractivity contribution is -0.131. The highest BCUT2D eigenvalue weighted by atomic mass is 16.5. The Morgan fingerprint density at radius 2 is 1.35 bits per heavy atom. The van der Waals surface area contributed by atoms with Crippen LogP contribution in [-0.2, 0) is 11.2 Å². The normalized spacial score (nSPS) is 13.2. The molecule has 0 fully saturated rings. The molecule has 194 valence electrons. The van der Waals surface area contributed by atoms with E-state index in [2.05, 4.69) is 34.3 Å². The number of ether oxygens (including phenoxy) is 1. The van der Waals surface area contributed by atoms with Crippen LogP contribution in [0.15, 0.2) is 12.2 Å². The Morgan fingerprint density at radius 1 is 0.824 bits per heavy atom. The molecule has 1 aromatic carbocycles. The SMILES string of the molecule is C=C(CCCC(C)CCCC(C)CCCC(C)C)CCc1c(C)c(OC(C)=O)c(C)c(C)c1O. The molecule has 3 heteroatoms. The van der Waals surface area contributed by atoms with Gasteiger partial charge in [-0.2, -0.15) is 0 Å². The molecule has 3 nitrogen and oxygen atoms in total. The Labute approximate surface area is 210 Å². The van der Waals surface area contributed by atoms with E-state index in [9.17, 15) is 9.90 Å². The zero-order valence-electron chi connectivity index (χ0n) is 23.5. The molecule has 0 aliphatic carbocycles. The lowest BCUT2D eigenvalue weighted by Gasteiger charge is -2.19. The van der Waals surface area contributed by atoms with Crippen LogP contribution in [0.2, 0.25) is 0 Å². The number of carbonyl (C=O) groups excluding carboxylic acids is 1. The highest BCUT2D eigenvalue weighted by molar-refractivity contribution is 5.72. The Bertz CT molecular complexity index is 791. The fourth-order valence-electron chi connectivity index (χ4n) is 4.88. The van der Waals surface area contributed by atoms with Crippen LogP contribution in [-0.4, -0.2) is 11.1 Å². The number of carbonyl (C=O) groups is 1. The summed E-state index contributed by atoms with van der Waals surface area (Å²) in [5.41, 5.74) is 4.57. The molecule has 1 N–H and O–H groups in total. The fourth-order valence-corrected chi connectivity index (χ4v) is 4.88. The molecule has 0 aromatic heterocycles. The van der Waals surface area contributed by atoms with Gasteiger partial charge in [-0.3, -0.25) is 4.79 Å². The van der Waals surface area contributed by atoms with Crippen molar-refractivity contribution in [2.75, 3.05) is 0 Å². The Hall–Kier alpha value is -1.77. The van der Waals surface area contributed by atoms with E-state index in [4.69, 9.17) is 4.74 Å². The van der Waals surface area contributed by atoms with Crippen LogP contribution in [0.1, 0.15) is 121 Å². The first-order chi connectivity index (χ1) is 15.9. The number of benzene rings is 1. The predicted octanol–water partition coefficient (Wildman–Crippen LogP) is 9.17.